The van der Waals surface area contributed by atoms with Gasteiger partial charge in [0.2, 0.25) is 5.91 Å². The maximum Gasteiger partial charge on any atom is 0.328 e. The maximum atomic E-state index is 11.1. The molecule has 0 atom stereocenters. The standard InChI is InChI=1S/C10H10N2O3/c1-7-4-8(6-11-5-7)12-9(13)2-3-10(14)15/h2-6H,1H3,(H,12,13)(H,14,15)/b3-2+. The van der Waals surface area contributed by atoms with Crippen LogP contribution in [0.15, 0.2) is 30.6 Å². The van der Waals surface area contributed by atoms with Crippen LogP contribution in [0.1, 0.15) is 5.56 Å². The Labute approximate surface area is 86.5 Å². The van der Waals surface area contributed by atoms with E-state index in [0.717, 1.165) is 17.7 Å². The lowest BCUT2D eigenvalue weighted by molar-refractivity contribution is -0.131. The lowest BCUT2D eigenvalue weighted by Crippen LogP contribution is -2.08. The fourth-order valence-corrected chi connectivity index (χ4v) is 0.954. The number of carboxylic acid groups (broad SMARTS) is 1. The molecule has 1 rings (SSSR count). The van der Waals surface area contributed by atoms with Crippen molar-refractivity contribution in [3.8, 4) is 0 Å². The van der Waals surface area contributed by atoms with Crippen LogP contribution in [0.5, 0.6) is 0 Å². The molecule has 78 valence electrons. The number of carbonyl (C=O) groups is 2. The summed E-state index contributed by atoms with van der Waals surface area (Å²) in [6.07, 6.45) is 4.87. The molecule has 0 aliphatic heterocycles. The molecule has 0 aliphatic rings. The average Bonchev–Trinajstić information content (AvgIpc) is 2.15. The van der Waals surface area contributed by atoms with E-state index in [1.54, 1.807) is 12.3 Å². The van der Waals surface area contributed by atoms with Crippen molar-refractivity contribution >= 4 is 17.6 Å². The van der Waals surface area contributed by atoms with Crippen molar-refractivity contribution in [3.05, 3.63) is 36.2 Å². The first-order chi connectivity index (χ1) is 7.08. The van der Waals surface area contributed by atoms with E-state index in [0.29, 0.717) is 5.69 Å². The number of pyridine rings is 1. The SMILES string of the molecule is Cc1cncc(NC(=O)/C=C/C(=O)O)c1. The highest BCUT2D eigenvalue weighted by molar-refractivity contribution is 6.02. The number of carbonyl (C=O) groups excluding carboxylic acids is 1. The van der Waals surface area contributed by atoms with Crippen LogP contribution in [0.3, 0.4) is 0 Å². The van der Waals surface area contributed by atoms with E-state index in [-0.39, 0.29) is 0 Å². The number of aryl methyl sites for hydroxylation is 1. The molecule has 1 aromatic heterocycles. The summed E-state index contributed by atoms with van der Waals surface area (Å²) in [5, 5.41) is 10.8. The first-order valence-electron chi connectivity index (χ1n) is 4.21. The van der Waals surface area contributed by atoms with Gasteiger partial charge in [-0.1, -0.05) is 0 Å². The molecule has 0 aliphatic carbocycles. The molecule has 0 saturated carbocycles. The van der Waals surface area contributed by atoms with Crippen molar-refractivity contribution < 1.29 is 14.7 Å². The molecule has 1 aromatic rings. The van der Waals surface area contributed by atoms with Crippen LogP contribution < -0.4 is 5.32 Å². The van der Waals surface area contributed by atoms with Crippen molar-refractivity contribution in [1.82, 2.24) is 4.98 Å². The fourth-order valence-electron chi connectivity index (χ4n) is 0.954. The summed E-state index contributed by atoms with van der Waals surface area (Å²) in [5.74, 6) is -1.66. The van der Waals surface area contributed by atoms with Gasteiger partial charge in [-0.05, 0) is 18.6 Å². The first-order valence-corrected chi connectivity index (χ1v) is 4.21. The predicted octanol–water partition coefficient (Wildman–Crippen LogP) is 0.969. The van der Waals surface area contributed by atoms with Crippen molar-refractivity contribution in [2.24, 2.45) is 0 Å². The fraction of sp³-hybridized carbons (Fsp3) is 0.100. The lowest BCUT2D eigenvalue weighted by Gasteiger charge is -2.01. The Kier molecular flexibility index (Phi) is 3.56. The van der Waals surface area contributed by atoms with Gasteiger partial charge in [0.1, 0.15) is 0 Å². The van der Waals surface area contributed by atoms with Crippen LogP contribution in [-0.4, -0.2) is 22.0 Å². The number of nitrogens with zero attached hydrogens (tertiary/aromatic N) is 1. The molecule has 2 N–H and O–H groups in total. The van der Waals surface area contributed by atoms with E-state index in [4.69, 9.17) is 5.11 Å². The third-order valence-corrected chi connectivity index (χ3v) is 1.52. The van der Waals surface area contributed by atoms with Crippen molar-refractivity contribution in [1.29, 1.82) is 0 Å². The Balaban J connectivity index is 2.63. The zero-order chi connectivity index (χ0) is 11.3. The van der Waals surface area contributed by atoms with Gasteiger partial charge in [0.05, 0.1) is 11.9 Å². The third kappa shape index (κ3) is 4.04. The summed E-state index contributed by atoms with van der Waals surface area (Å²) >= 11 is 0. The largest absolute Gasteiger partial charge is 0.478 e. The Morgan fingerprint density at radius 3 is 2.73 bits per heavy atom. The number of amides is 1. The maximum absolute atomic E-state index is 11.1. The minimum Gasteiger partial charge on any atom is -0.478 e. The number of nitrogens with one attached hydrogen (secondary N) is 1. The zero-order valence-corrected chi connectivity index (χ0v) is 8.10. The van der Waals surface area contributed by atoms with E-state index in [2.05, 4.69) is 10.3 Å². The highest BCUT2D eigenvalue weighted by Gasteiger charge is 1.98. The second-order valence-electron chi connectivity index (χ2n) is 2.91. The second-order valence-corrected chi connectivity index (χ2v) is 2.91. The smallest absolute Gasteiger partial charge is 0.328 e. The van der Waals surface area contributed by atoms with E-state index in [9.17, 15) is 9.59 Å². The molecular formula is C10H10N2O3. The normalized spacial score (nSPS) is 10.2. The van der Waals surface area contributed by atoms with E-state index in [1.165, 1.54) is 6.20 Å². The molecule has 0 fully saturated rings. The van der Waals surface area contributed by atoms with Gasteiger partial charge >= 0.3 is 5.97 Å². The highest BCUT2D eigenvalue weighted by atomic mass is 16.4. The summed E-state index contributed by atoms with van der Waals surface area (Å²) < 4.78 is 0. The molecule has 0 aromatic carbocycles. The molecule has 1 heterocycles. The van der Waals surface area contributed by atoms with Crippen LogP contribution in [0.4, 0.5) is 5.69 Å². The Morgan fingerprint density at radius 1 is 1.40 bits per heavy atom. The number of anilines is 1. The third-order valence-electron chi connectivity index (χ3n) is 1.52. The summed E-state index contributed by atoms with van der Waals surface area (Å²) in [5.41, 5.74) is 1.45. The van der Waals surface area contributed by atoms with Gasteiger partial charge in [-0.15, -0.1) is 0 Å². The predicted molar refractivity (Wildman–Crippen MR) is 54.4 cm³/mol. The van der Waals surface area contributed by atoms with Gasteiger partial charge in [-0.2, -0.15) is 0 Å². The van der Waals surface area contributed by atoms with E-state index in [1.807, 2.05) is 6.92 Å². The van der Waals surface area contributed by atoms with Crippen LogP contribution in [-0.2, 0) is 9.59 Å². The van der Waals surface area contributed by atoms with Crippen LogP contribution in [0.2, 0.25) is 0 Å². The molecule has 15 heavy (non-hydrogen) atoms. The lowest BCUT2D eigenvalue weighted by atomic mass is 10.3. The van der Waals surface area contributed by atoms with Crippen molar-refractivity contribution in [3.63, 3.8) is 0 Å². The molecule has 1 amide bonds. The molecule has 0 bridgehead atoms. The first kappa shape index (κ1) is 10.9. The van der Waals surface area contributed by atoms with Crippen LogP contribution in [0.25, 0.3) is 0 Å². The number of rotatable bonds is 3. The number of carboxylic acids is 1. The Hall–Kier alpha value is -2.17. The molecule has 5 heteroatoms. The van der Waals surface area contributed by atoms with Gasteiger partial charge in [-0.3, -0.25) is 9.78 Å². The number of aromatic nitrogens is 1. The summed E-state index contributed by atoms with van der Waals surface area (Å²) in [6.45, 7) is 1.84. The molecule has 0 saturated heterocycles. The minimum atomic E-state index is -1.16. The number of hydrogen-bond donors (Lipinski definition) is 2. The van der Waals surface area contributed by atoms with E-state index < -0.39 is 11.9 Å². The second kappa shape index (κ2) is 4.90. The summed E-state index contributed by atoms with van der Waals surface area (Å²) in [7, 11) is 0. The molecule has 0 spiro atoms. The Morgan fingerprint density at radius 2 is 2.13 bits per heavy atom. The molecule has 0 unspecified atom stereocenters. The van der Waals surface area contributed by atoms with Crippen molar-refractivity contribution in [2.45, 2.75) is 6.92 Å². The summed E-state index contributed by atoms with van der Waals surface area (Å²) in [4.78, 5) is 25.1. The summed E-state index contributed by atoms with van der Waals surface area (Å²) in [6, 6.07) is 1.74. The van der Waals surface area contributed by atoms with Gasteiger partial charge in [-0.25, -0.2) is 4.79 Å². The van der Waals surface area contributed by atoms with Crippen LogP contribution >= 0.6 is 0 Å². The van der Waals surface area contributed by atoms with Gasteiger partial charge in [0.25, 0.3) is 0 Å². The quantitative estimate of drug-likeness (QED) is 0.722. The van der Waals surface area contributed by atoms with Gasteiger partial charge in [0, 0.05) is 18.3 Å². The topological polar surface area (TPSA) is 79.3 Å². The molecule has 5 nitrogen and oxygen atoms in total. The Bertz CT molecular complexity index is 413. The average molecular weight is 206 g/mol. The molecule has 0 radical (unpaired) electrons. The zero-order valence-electron chi connectivity index (χ0n) is 8.10. The number of hydrogen-bond acceptors (Lipinski definition) is 3. The van der Waals surface area contributed by atoms with E-state index >= 15 is 0 Å². The molecular weight excluding hydrogens is 196 g/mol. The highest BCUT2D eigenvalue weighted by Crippen LogP contribution is 2.06. The van der Waals surface area contributed by atoms with Crippen LogP contribution in [0, 0.1) is 6.92 Å². The van der Waals surface area contributed by atoms with Crippen molar-refractivity contribution in [2.75, 3.05) is 5.32 Å². The van der Waals surface area contributed by atoms with Gasteiger partial charge < -0.3 is 10.4 Å². The monoisotopic (exact) mass is 206 g/mol. The minimum absolute atomic E-state index is 0.496. The van der Waals surface area contributed by atoms with Gasteiger partial charge in [0.15, 0.2) is 0 Å². The number of aliphatic carboxylic acids is 1.